The van der Waals surface area contributed by atoms with E-state index in [9.17, 15) is 9.82 Å². The Balaban J connectivity index is 1.54. The number of rotatable bonds is 3. The molecular formula is C14H12BN3O3S. The zero-order valence-corrected chi connectivity index (χ0v) is 12.2. The van der Waals surface area contributed by atoms with Crippen molar-refractivity contribution in [3.05, 3.63) is 52.4 Å². The van der Waals surface area contributed by atoms with Gasteiger partial charge in [0.05, 0.1) is 17.6 Å². The molecule has 0 amide bonds. The molecule has 4 N–H and O–H groups in total. The molecule has 1 aliphatic heterocycles. The van der Waals surface area contributed by atoms with Crippen LogP contribution in [0.1, 0.15) is 5.56 Å². The Labute approximate surface area is 130 Å². The molecule has 0 unspecified atom stereocenters. The highest BCUT2D eigenvalue weighted by Gasteiger charge is 2.27. The second kappa shape index (κ2) is 5.24. The van der Waals surface area contributed by atoms with E-state index < -0.39 is 7.12 Å². The van der Waals surface area contributed by atoms with Crippen LogP contribution in [0.2, 0.25) is 0 Å². The lowest BCUT2D eigenvalue weighted by Crippen LogP contribution is -2.28. The Morgan fingerprint density at radius 3 is 2.95 bits per heavy atom. The first-order valence-corrected chi connectivity index (χ1v) is 7.58. The van der Waals surface area contributed by atoms with Crippen molar-refractivity contribution >= 4 is 41.2 Å². The first-order chi connectivity index (χ1) is 10.7. The molecule has 6 nitrogen and oxygen atoms in total. The van der Waals surface area contributed by atoms with Gasteiger partial charge in [0.1, 0.15) is 0 Å². The minimum Gasteiger partial charge on any atom is -0.423 e. The van der Waals surface area contributed by atoms with Crippen LogP contribution in [0.4, 0.5) is 5.69 Å². The van der Waals surface area contributed by atoms with E-state index in [1.54, 1.807) is 0 Å². The number of H-pyrrole nitrogens is 2. The molecule has 3 aromatic rings. The van der Waals surface area contributed by atoms with Crippen molar-refractivity contribution in [3.63, 3.8) is 0 Å². The summed E-state index contributed by atoms with van der Waals surface area (Å²) in [6, 6.07) is 11.5. The van der Waals surface area contributed by atoms with Crippen LogP contribution in [0, 0.1) is 0 Å². The van der Waals surface area contributed by atoms with Crippen molar-refractivity contribution in [3.8, 4) is 0 Å². The lowest BCUT2D eigenvalue weighted by molar-refractivity contribution is 0.275. The maximum absolute atomic E-state index is 11.2. The van der Waals surface area contributed by atoms with Gasteiger partial charge in [-0.15, -0.1) is 0 Å². The van der Waals surface area contributed by atoms with Crippen molar-refractivity contribution in [1.82, 2.24) is 9.97 Å². The van der Waals surface area contributed by atoms with Crippen molar-refractivity contribution in [2.24, 2.45) is 0 Å². The van der Waals surface area contributed by atoms with E-state index in [-0.39, 0.29) is 5.69 Å². The Hall–Kier alpha value is -2.16. The summed E-state index contributed by atoms with van der Waals surface area (Å²) in [6.07, 6.45) is 0. The van der Waals surface area contributed by atoms with E-state index in [4.69, 9.17) is 4.65 Å². The van der Waals surface area contributed by atoms with E-state index >= 15 is 0 Å². The van der Waals surface area contributed by atoms with Gasteiger partial charge in [-0.2, -0.15) is 0 Å². The van der Waals surface area contributed by atoms with Crippen molar-refractivity contribution < 1.29 is 9.68 Å². The first kappa shape index (κ1) is 13.5. The fourth-order valence-corrected chi connectivity index (χ4v) is 3.15. The fourth-order valence-electron chi connectivity index (χ4n) is 2.47. The molecular weight excluding hydrogens is 301 g/mol. The maximum Gasteiger partial charge on any atom is 0.491 e. The molecule has 0 aliphatic carbocycles. The van der Waals surface area contributed by atoms with E-state index in [0.29, 0.717) is 6.61 Å². The standard InChI is InChI=1S/C14H12BN3O3S/c19-14-16-12-4-3-10(6-13(12)17-14)22-18-9-2-1-8-7-21-15(20)11(8)5-9/h1-6,18,20H,7H2,(H2,16,17,19). The summed E-state index contributed by atoms with van der Waals surface area (Å²) in [4.78, 5) is 17.7. The van der Waals surface area contributed by atoms with Gasteiger partial charge >= 0.3 is 12.8 Å². The Morgan fingerprint density at radius 2 is 2.05 bits per heavy atom. The predicted octanol–water partition coefficient (Wildman–Crippen LogP) is 1.19. The Morgan fingerprint density at radius 1 is 1.18 bits per heavy atom. The SMILES string of the molecule is O=c1[nH]c2ccc(SNc3ccc4c(c3)B(O)OC4)cc2[nH]1. The van der Waals surface area contributed by atoms with Crippen LogP contribution < -0.4 is 15.9 Å². The van der Waals surface area contributed by atoms with Crippen LogP contribution >= 0.6 is 11.9 Å². The smallest absolute Gasteiger partial charge is 0.423 e. The van der Waals surface area contributed by atoms with Gasteiger partial charge in [0.25, 0.3) is 0 Å². The van der Waals surface area contributed by atoms with Crippen LogP contribution in [0.5, 0.6) is 0 Å². The Bertz CT molecular complexity index is 908. The molecule has 0 spiro atoms. The molecule has 1 aliphatic rings. The Kier molecular flexibility index (Phi) is 3.22. The van der Waals surface area contributed by atoms with Crippen LogP contribution in [0.15, 0.2) is 46.1 Å². The van der Waals surface area contributed by atoms with Gasteiger partial charge in [0, 0.05) is 10.6 Å². The van der Waals surface area contributed by atoms with Gasteiger partial charge in [0.15, 0.2) is 0 Å². The third-order valence-corrected chi connectivity index (χ3v) is 4.41. The van der Waals surface area contributed by atoms with E-state index in [0.717, 1.165) is 32.6 Å². The number of aromatic nitrogens is 2. The third kappa shape index (κ3) is 2.41. The zero-order valence-electron chi connectivity index (χ0n) is 11.4. The summed E-state index contributed by atoms with van der Waals surface area (Å²) < 4.78 is 8.41. The van der Waals surface area contributed by atoms with Crippen molar-refractivity contribution in [1.29, 1.82) is 0 Å². The lowest BCUT2D eigenvalue weighted by atomic mass is 9.79. The minimum absolute atomic E-state index is 0.210. The van der Waals surface area contributed by atoms with Gasteiger partial charge < -0.3 is 24.4 Å². The van der Waals surface area contributed by atoms with Crippen LogP contribution in [0.25, 0.3) is 11.0 Å². The first-order valence-electron chi connectivity index (χ1n) is 6.76. The van der Waals surface area contributed by atoms with Crippen LogP contribution in [0.3, 0.4) is 0 Å². The highest BCUT2D eigenvalue weighted by Crippen LogP contribution is 2.24. The van der Waals surface area contributed by atoms with Crippen LogP contribution in [-0.2, 0) is 11.3 Å². The summed E-state index contributed by atoms with van der Waals surface area (Å²) in [7, 11) is -0.844. The molecule has 4 rings (SSSR count). The number of hydrogen-bond donors (Lipinski definition) is 4. The molecule has 0 radical (unpaired) electrons. The highest BCUT2D eigenvalue weighted by molar-refractivity contribution is 8.00. The van der Waals surface area contributed by atoms with Crippen molar-refractivity contribution in [2.45, 2.75) is 11.5 Å². The van der Waals surface area contributed by atoms with Gasteiger partial charge in [-0.05, 0) is 53.3 Å². The topological polar surface area (TPSA) is 90.1 Å². The van der Waals surface area contributed by atoms with Gasteiger partial charge in [-0.3, -0.25) is 0 Å². The van der Waals surface area contributed by atoms with E-state index in [2.05, 4.69) is 14.7 Å². The summed E-state index contributed by atoms with van der Waals surface area (Å²) in [5, 5.41) is 9.72. The summed E-state index contributed by atoms with van der Waals surface area (Å²) >= 11 is 1.44. The molecule has 0 saturated carbocycles. The molecule has 2 aromatic carbocycles. The molecule has 1 aromatic heterocycles. The summed E-state index contributed by atoms with van der Waals surface area (Å²) in [5.41, 5.74) is 4.04. The number of imidazole rings is 1. The number of aromatic amines is 2. The lowest BCUT2D eigenvalue weighted by Gasteiger charge is -2.07. The average Bonchev–Trinajstić information content (AvgIpc) is 3.07. The van der Waals surface area contributed by atoms with Gasteiger partial charge in [0.2, 0.25) is 0 Å². The highest BCUT2D eigenvalue weighted by atomic mass is 32.2. The molecule has 0 atom stereocenters. The second-order valence-electron chi connectivity index (χ2n) is 5.07. The molecule has 0 bridgehead atoms. The summed E-state index contributed by atoms with van der Waals surface area (Å²) in [5.74, 6) is 0. The normalized spacial score (nSPS) is 13.6. The van der Waals surface area contributed by atoms with E-state index in [1.165, 1.54) is 11.9 Å². The van der Waals surface area contributed by atoms with Crippen molar-refractivity contribution in [2.75, 3.05) is 4.72 Å². The number of fused-ring (bicyclic) bond motifs is 2. The maximum atomic E-state index is 11.2. The monoisotopic (exact) mass is 313 g/mol. The number of benzene rings is 2. The average molecular weight is 313 g/mol. The number of anilines is 1. The number of hydrogen-bond acceptors (Lipinski definition) is 5. The van der Waals surface area contributed by atoms with Gasteiger partial charge in [-0.1, -0.05) is 6.07 Å². The number of nitrogens with one attached hydrogen (secondary N) is 3. The zero-order chi connectivity index (χ0) is 15.1. The predicted molar refractivity (Wildman–Crippen MR) is 87.2 cm³/mol. The molecule has 0 fully saturated rings. The molecule has 110 valence electrons. The largest absolute Gasteiger partial charge is 0.491 e. The quantitative estimate of drug-likeness (QED) is 0.431. The second-order valence-corrected chi connectivity index (χ2v) is 5.95. The van der Waals surface area contributed by atoms with Crippen LogP contribution in [-0.4, -0.2) is 22.1 Å². The summed E-state index contributed by atoms with van der Waals surface area (Å²) in [6.45, 7) is 0.446. The third-order valence-electron chi connectivity index (χ3n) is 3.58. The molecule has 2 heterocycles. The molecule has 0 saturated heterocycles. The van der Waals surface area contributed by atoms with E-state index in [1.807, 2.05) is 36.4 Å². The van der Waals surface area contributed by atoms with Gasteiger partial charge in [-0.25, -0.2) is 4.79 Å². The minimum atomic E-state index is -0.844. The molecule has 8 heteroatoms. The fraction of sp³-hybridized carbons (Fsp3) is 0.0714. The molecule has 22 heavy (non-hydrogen) atoms.